The van der Waals surface area contributed by atoms with Crippen molar-refractivity contribution < 1.29 is 9.90 Å². The van der Waals surface area contributed by atoms with E-state index in [4.69, 9.17) is 0 Å². The van der Waals surface area contributed by atoms with E-state index >= 15 is 0 Å². The van der Waals surface area contributed by atoms with Crippen molar-refractivity contribution in [2.45, 2.75) is 6.54 Å². The van der Waals surface area contributed by atoms with Gasteiger partial charge in [-0.2, -0.15) is 0 Å². The van der Waals surface area contributed by atoms with Crippen LogP contribution in [0.25, 0.3) is 0 Å². The molecule has 4 heteroatoms. The molecule has 1 aromatic rings. The molecule has 0 fully saturated rings. The van der Waals surface area contributed by atoms with Gasteiger partial charge in [-0.05, 0) is 40.3 Å². The molecular formula is C8H6INO2. The first-order chi connectivity index (χ1) is 5.68. The van der Waals surface area contributed by atoms with Crippen LogP contribution in [0, 0.1) is 3.57 Å². The quantitative estimate of drug-likeness (QED) is 0.700. The van der Waals surface area contributed by atoms with Crippen LogP contribution in [0.1, 0.15) is 15.9 Å². The molecule has 2 rings (SSSR count). The lowest BCUT2D eigenvalue weighted by molar-refractivity contribution is 0.0965. The molecule has 3 nitrogen and oxygen atoms in total. The highest BCUT2D eigenvalue weighted by molar-refractivity contribution is 14.1. The molecule has 1 aliphatic heterocycles. The number of rotatable bonds is 0. The molecule has 0 bridgehead atoms. The van der Waals surface area contributed by atoms with E-state index in [1.165, 1.54) is 0 Å². The molecule has 62 valence electrons. The average Bonchev–Trinajstić information content (AvgIpc) is 2.31. The maximum Gasteiger partial charge on any atom is 0.252 e. The Kier molecular flexibility index (Phi) is 1.71. The number of phenols is 1. The van der Waals surface area contributed by atoms with Gasteiger partial charge in [-0.15, -0.1) is 0 Å². The van der Waals surface area contributed by atoms with Gasteiger partial charge in [0.15, 0.2) is 0 Å². The summed E-state index contributed by atoms with van der Waals surface area (Å²) in [6.07, 6.45) is 0. The van der Waals surface area contributed by atoms with Gasteiger partial charge in [-0.1, -0.05) is 0 Å². The Morgan fingerprint density at radius 2 is 2.25 bits per heavy atom. The van der Waals surface area contributed by atoms with Crippen molar-refractivity contribution in [1.29, 1.82) is 0 Å². The maximum atomic E-state index is 11.2. The fourth-order valence-corrected chi connectivity index (χ4v) is 2.22. The fourth-order valence-electron chi connectivity index (χ4n) is 1.31. The van der Waals surface area contributed by atoms with E-state index in [1.807, 2.05) is 22.6 Å². The second-order valence-electron chi connectivity index (χ2n) is 2.64. The van der Waals surface area contributed by atoms with Crippen LogP contribution in [0.2, 0.25) is 0 Å². The summed E-state index contributed by atoms with van der Waals surface area (Å²) in [4.78, 5) is 11.2. The lowest BCUT2D eigenvalue weighted by Gasteiger charge is -1.99. The molecule has 0 saturated carbocycles. The van der Waals surface area contributed by atoms with Crippen molar-refractivity contribution in [3.8, 4) is 5.75 Å². The average molecular weight is 275 g/mol. The first kappa shape index (κ1) is 7.85. The first-order valence-corrected chi connectivity index (χ1v) is 4.56. The normalized spacial score (nSPS) is 14.2. The Morgan fingerprint density at radius 3 is 3.00 bits per heavy atom. The zero-order chi connectivity index (χ0) is 8.72. The van der Waals surface area contributed by atoms with Crippen LogP contribution in [0.15, 0.2) is 12.1 Å². The minimum Gasteiger partial charge on any atom is -0.508 e. The minimum absolute atomic E-state index is 0.0469. The van der Waals surface area contributed by atoms with Gasteiger partial charge in [-0.3, -0.25) is 4.79 Å². The predicted octanol–water partition coefficient (Wildman–Crippen LogP) is 1.24. The van der Waals surface area contributed by atoms with Crippen molar-refractivity contribution in [3.63, 3.8) is 0 Å². The summed E-state index contributed by atoms with van der Waals surface area (Å²) in [6, 6.07) is 3.21. The largest absolute Gasteiger partial charge is 0.508 e. The second-order valence-corrected chi connectivity index (χ2v) is 3.81. The molecule has 0 saturated heterocycles. The zero-order valence-electron chi connectivity index (χ0n) is 6.10. The van der Waals surface area contributed by atoms with Crippen LogP contribution >= 0.6 is 22.6 Å². The Labute approximate surface area is 82.9 Å². The summed E-state index contributed by atoms with van der Waals surface area (Å²) in [5, 5.41) is 11.9. The van der Waals surface area contributed by atoms with E-state index < -0.39 is 0 Å². The molecule has 1 aromatic carbocycles. The van der Waals surface area contributed by atoms with Gasteiger partial charge in [-0.25, -0.2) is 0 Å². The van der Waals surface area contributed by atoms with Gasteiger partial charge in [0, 0.05) is 10.1 Å². The van der Waals surface area contributed by atoms with Crippen molar-refractivity contribution in [2.75, 3.05) is 0 Å². The van der Waals surface area contributed by atoms with E-state index in [2.05, 4.69) is 5.32 Å². The number of carbonyl (C=O) groups excluding carboxylic acids is 1. The molecule has 0 aromatic heterocycles. The third kappa shape index (κ3) is 1.06. The van der Waals surface area contributed by atoms with E-state index in [1.54, 1.807) is 12.1 Å². The number of nitrogens with one attached hydrogen (secondary N) is 1. The van der Waals surface area contributed by atoms with Crippen molar-refractivity contribution >= 4 is 28.5 Å². The Hall–Kier alpha value is -0.780. The van der Waals surface area contributed by atoms with Crippen molar-refractivity contribution in [1.82, 2.24) is 5.32 Å². The number of amides is 1. The topological polar surface area (TPSA) is 49.3 Å². The van der Waals surface area contributed by atoms with Crippen LogP contribution in [0.4, 0.5) is 0 Å². The number of hydrogen-bond acceptors (Lipinski definition) is 2. The highest BCUT2D eigenvalue weighted by Gasteiger charge is 2.21. The number of carbonyl (C=O) groups is 1. The van der Waals surface area contributed by atoms with Gasteiger partial charge in [0.2, 0.25) is 0 Å². The van der Waals surface area contributed by atoms with E-state index in [0.717, 1.165) is 9.13 Å². The fraction of sp³-hybridized carbons (Fsp3) is 0.125. The number of fused-ring (bicyclic) bond motifs is 1. The highest BCUT2D eigenvalue weighted by atomic mass is 127. The lowest BCUT2D eigenvalue weighted by Crippen LogP contribution is -2.13. The smallest absolute Gasteiger partial charge is 0.252 e. The lowest BCUT2D eigenvalue weighted by atomic mass is 10.1. The Bertz CT molecular complexity index is 362. The van der Waals surface area contributed by atoms with Crippen LogP contribution in [-0.2, 0) is 6.54 Å². The standard InChI is InChI=1S/C8H6INO2/c9-6-2-5(11)1-4-3-10-8(12)7(4)6/h1-2,11H,3H2,(H,10,12). The summed E-state index contributed by atoms with van der Waals surface area (Å²) < 4.78 is 0.803. The molecule has 0 unspecified atom stereocenters. The van der Waals surface area contributed by atoms with Crippen LogP contribution < -0.4 is 5.32 Å². The third-order valence-electron chi connectivity index (χ3n) is 1.82. The number of benzene rings is 1. The summed E-state index contributed by atoms with van der Waals surface area (Å²) in [7, 11) is 0. The van der Waals surface area contributed by atoms with Crippen LogP contribution in [0.5, 0.6) is 5.75 Å². The van der Waals surface area contributed by atoms with E-state index in [0.29, 0.717) is 12.1 Å². The van der Waals surface area contributed by atoms with E-state index in [-0.39, 0.29) is 11.7 Å². The molecule has 0 atom stereocenters. The zero-order valence-corrected chi connectivity index (χ0v) is 8.25. The van der Waals surface area contributed by atoms with Crippen LogP contribution in [-0.4, -0.2) is 11.0 Å². The van der Waals surface area contributed by atoms with Crippen molar-refractivity contribution in [2.24, 2.45) is 0 Å². The van der Waals surface area contributed by atoms with Gasteiger partial charge in [0.05, 0.1) is 5.56 Å². The number of halogens is 1. The van der Waals surface area contributed by atoms with Crippen molar-refractivity contribution in [3.05, 3.63) is 26.8 Å². The second kappa shape index (κ2) is 2.62. The summed E-state index contributed by atoms with van der Waals surface area (Å²) >= 11 is 2.05. The minimum atomic E-state index is -0.0469. The third-order valence-corrected chi connectivity index (χ3v) is 2.67. The Balaban J connectivity index is 2.68. The molecule has 1 heterocycles. The van der Waals surface area contributed by atoms with Gasteiger partial charge in [0.1, 0.15) is 5.75 Å². The molecule has 1 aliphatic rings. The Morgan fingerprint density at radius 1 is 1.50 bits per heavy atom. The molecule has 0 spiro atoms. The number of phenolic OH excluding ortho intramolecular Hbond substituents is 1. The molecule has 0 radical (unpaired) electrons. The highest BCUT2D eigenvalue weighted by Crippen LogP contribution is 2.26. The monoisotopic (exact) mass is 275 g/mol. The summed E-state index contributed by atoms with van der Waals surface area (Å²) in [5.74, 6) is 0.170. The van der Waals surface area contributed by atoms with Crippen LogP contribution in [0.3, 0.4) is 0 Å². The van der Waals surface area contributed by atoms with E-state index in [9.17, 15) is 9.90 Å². The molecular weight excluding hydrogens is 269 g/mol. The molecule has 2 N–H and O–H groups in total. The van der Waals surface area contributed by atoms with Gasteiger partial charge < -0.3 is 10.4 Å². The summed E-state index contributed by atoms with van der Waals surface area (Å²) in [6.45, 7) is 0.526. The SMILES string of the molecule is O=C1NCc2cc(O)cc(I)c21. The van der Waals surface area contributed by atoms with Gasteiger partial charge >= 0.3 is 0 Å². The molecule has 0 aliphatic carbocycles. The number of aromatic hydroxyl groups is 1. The van der Waals surface area contributed by atoms with Gasteiger partial charge in [0.25, 0.3) is 5.91 Å². The number of hydrogen-bond donors (Lipinski definition) is 2. The first-order valence-electron chi connectivity index (χ1n) is 3.48. The predicted molar refractivity (Wildman–Crippen MR) is 52.0 cm³/mol. The molecule has 1 amide bonds. The molecule has 12 heavy (non-hydrogen) atoms. The summed E-state index contributed by atoms with van der Waals surface area (Å²) in [5.41, 5.74) is 1.58. The maximum absolute atomic E-state index is 11.2.